The molecule has 0 saturated heterocycles. The summed E-state index contributed by atoms with van der Waals surface area (Å²) in [5.74, 6) is 1.48. The Morgan fingerprint density at radius 1 is 1.03 bits per heavy atom. The maximum absolute atomic E-state index is 12.9. The molecule has 6 nitrogen and oxygen atoms in total. The monoisotopic (exact) mass is 421 g/mol. The molecule has 2 aromatic carbocycles. The van der Waals surface area contributed by atoms with Crippen molar-refractivity contribution >= 4 is 17.6 Å². The number of carbonyl (C=O) groups is 2. The summed E-state index contributed by atoms with van der Waals surface area (Å²) in [5, 5.41) is 0. The van der Waals surface area contributed by atoms with E-state index < -0.39 is 5.54 Å². The standard InChI is InChI=1S/C25H31N3O3/c1-17(2)15-25(3)23(30)28(24(26)27-25)16-20-7-5-18(6-8-20)13-21(29)14-19-9-11-22(31-4)12-10-19/h5-12,17H,13-16H2,1-4H3,(H2,26,27). The van der Waals surface area contributed by atoms with Crippen molar-refractivity contribution in [2.24, 2.45) is 16.6 Å². The fourth-order valence-electron chi connectivity index (χ4n) is 4.04. The van der Waals surface area contributed by atoms with Gasteiger partial charge in [0.15, 0.2) is 5.96 Å². The molecule has 0 aliphatic carbocycles. The second kappa shape index (κ2) is 9.33. The summed E-state index contributed by atoms with van der Waals surface area (Å²) in [7, 11) is 1.62. The van der Waals surface area contributed by atoms with Crippen LogP contribution in [-0.4, -0.2) is 35.2 Å². The zero-order valence-corrected chi connectivity index (χ0v) is 18.7. The van der Waals surface area contributed by atoms with Gasteiger partial charge >= 0.3 is 0 Å². The second-order valence-electron chi connectivity index (χ2n) is 8.79. The fourth-order valence-corrected chi connectivity index (χ4v) is 4.04. The third kappa shape index (κ3) is 5.51. The molecule has 1 amide bonds. The molecule has 0 fully saturated rings. The Morgan fingerprint density at radius 3 is 2.06 bits per heavy atom. The Balaban J connectivity index is 1.58. The summed E-state index contributed by atoms with van der Waals surface area (Å²) in [6, 6.07) is 15.3. The SMILES string of the molecule is COc1ccc(CC(=O)Cc2ccc(CN3C(=O)C(C)(CC(C)C)N=C3N)cc2)cc1. The molecular formula is C25H31N3O3. The quantitative estimate of drug-likeness (QED) is 0.671. The van der Waals surface area contributed by atoms with Gasteiger partial charge in [-0.25, -0.2) is 4.99 Å². The van der Waals surface area contributed by atoms with Crippen LogP contribution in [0, 0.1) is 5.92 Å². The Bertz CT molecular complexity index is 965. The Kier molecular flexibility index (Phi) is 6.78. The van der Waals surface area contributed by atoms with Crippen LogP contribution in [0.2, 0.25) is 0 Å². The van der Waals surface area contributed by atoms with Gasteiger partial charge in [-0.3, -0.25) is 14.5 Å². The molecule has 2 N–H and O–H groups in total. The normalized spacial score (nSPS) is 18.4. The first-order valence-electron chi connectivity index (χ1n) is 10.6. The number of methoxy groups -OCH3 is 1. The Labute approximate surface area is 184 Å². The van der Waals surface area contributed by atoms with Gasteiger partial charge in [0.1, 0.15) is 17.1 Å². The van der Waals surface area contributed by atoms with E-state index in [4.69, 9.17) is 10.5 Å². The Morgan fingerprint density at radius 2 is 1.55 bits per heavy atom. The third-order valence-corrected chi connectivity index (χ3v) is 5.47. The molecule has 1 aliphatic heterocycles. The smallest absolute Gasteiger partial charge is 0.257 e. The van der Waals surface area contributed by atoms with Crippen molar-refractivity contribution in [3.63, 3.8) is 0 Å². The maximum atomic E-state index is 12.9. The van der Waals surface area contributed by atoms with Crippen LogP contribution in [-0.2, 0) is 29.0 Å². The molecular weight excluding hydrogens is 390 g/mol. The van der Waals surface area contributed by atoms with Crippen molar-refractivity contribution in [3.05, 3.63) is 65.2 Å². The number of guanidine groups is 1. The zero-order chi connectivity index (χ0) is 22.6. The van der Waals surface area contributed by atoms with Crippen molar-refractivity contribution in [1.29, 1.82) is 0 Å². The average Bonchev–Trinajstić information content (AvgIpc) is 2.92. The average molecular weight is 422 g/mol. The van der Waals surface area contributed by atoms with Gasteiger partial charge in [0.25, 0.3) is 5.91 Å². The van der Waals surface area contributed by atoms with E-state index in [-0.39, 0.29) is 17.6 Å². The predicted molar refractivity (Wildman–Crippen MR) is 122 cm³/mol. The van der Waals surface area contributed by atoms with Crippen molar-refractivity contribution in [2.45, 2.75) is 52.1 Å². The molecule has 164 valence electrons. The lowest BCUT2D eigenvalue weighted by atomic mass is 9.91. The van der Waals surface area contributed by atoms with Crippen LogP contribution < -0.4 is 10.5 Å². The summed E-state index contributed by atoms with van der Waals surface area (Å²) < 4.78 is 5.15. The number of Topliss-reactive ketones (excluding diaryl/α,β-unsaturated/α-hetero) is 1. The predicted octanol–water partition coefficient (Wildman–Crippen LogP) is 3.51. The van der Waals surface area contributed by atoms with Crippen molar-refractivity contribution in [3.8, 4) is 5.75 Å². The largest absolute Gasteiger partial charge is 0.497 e. The van der Waals surface area contributed by atoms with Gasteiger partial charge in [-0.2, -0.15) is 0 Å². The zero-order valence-electron chi connectivity index (χ0n) is 18.7. The topological polar surface area (TPSA) is 85.0 Å². The lowest BCUT2D eigenvalue weighted by Gasteiger charge is -2.23. The van der Waals surface area contributed by atoms with E-state index in [2.05, 4.69) is 18.8 Å². The number of nitrogens with zero attached hydrogens (tertiary/aromatic N) is 2. The van der Waals surface area contributed by atoms with Crippen molar-refractivity contribution < 1.29 is 14.3 Å². The van der Waals surface area contributed by atoms with E-state index in [1.807, 2.05) is 55.5 Å². The molecule has 0 spiro atoms. The van der Waals surface area contributed by atoms with Gasteiger partial charge in [0, 0.05) is 12.8 Å². The first-order chi connectivity index (χ1) is 14.7. The summed E-state index contributed by atoms with van der Waals surface area (Å²) in [6.07, 6.45) is 1.42. The fraction of sp³-hybridized carbons (Fsp3) is 0.400. The molecule has 1 atom stereocenters. The number of amides is 1. The van der Waals surface area contributed by atoms with Crippen LogP contribution in [0.15, 0.2) is 53.5 Å². The van der Waals surface area contributed by atoms with Gasteiger partial charge in [-0.15, -0.1) is 0 Å². The second-order valence-corrected chi connectivity index (χ2v) is 8.79. The first kappa shape index (κ1) is 22.5. The molecule has 1 unspecified atom stereocenters. The Hall–Kier alpha value is -3.15. The number of aliphatic imine (C=N–C) groups is 1. The van der Waals surface area contributed by atoms with E-state index in [9.17, 15) is 9.59 Å². The highest BCUT2D eigenvalue weighted by Gasteiger charge is 2.43. The lowest BCUT2D eigenvalue weighted by Crippen LogP contribution is -2.43. The van der Waals surface area contributed by atoms with Gasteiger partial charge in [-0.05, 0) is 48.1 Å². The molecule has 3 rings (SSSR count). The van der Waals surface area contributed by atoms with Crippen LogP contribution >= 0.6 is 0 Å². The number of nitrogens with two attached hydrogens (primary N) is 1. The molecule has 2 aromatic rings. The first-order valence-corrected chi connectivity index (χ1v) is 10.6. The summed E-state index contributed by atoms with van der Waals surface area (Å²) in [5.41, 5.74) is 8.14. The number of carbonyl (C=O) groups excluding carboxylic acids is 2. The third-order valence-electron chi connectivity index (χ3n) is 5.47. The molecule has 31 heavy (non-hydrogen) atoms. The molecule has 6 heteroatoms. The van der Waals surface area contributed by atoms with Crippen LogP contribution in [0.3, 0.4) is 0 Å². The molecule has 0 saturated carbocycles. The minimum Gasteiger partial charge on any atom is -0.497 e. The van der Waals surface area contributed by atoms with Crippen LogP contribution in [0.4, 0.5) is 0 Å². The summed E-state index contributed by atoms with van der Waals surface area (Å²) in [4.78, 5) is 31.3. The number of hydrogen-bond donors (Lipinski definition) is 1. The number of benzene rings is 2. The van der Waals surface area contributed by atoms with Crippen molar-refractivity contribution in [2.75, 3.05) is 7.11 Å². The highest BCUT2D eigenvalue weighted by atomic mass is 16.5. The maximum Gasteiger partial charge on any atom is 0.257 e. The van der Waals surface area contributed by atoms with Crippen molar-refractivity contribution in [1.82, 2.24) is 4.90 Å². The van der Waals surface area contributed by atoms with Gasteiger partial charge in [-0.1, -0.05) is 50.2 Å². The molecule has 1 heterocycles. The van der Waals surface area contributed by atoms with E-state index in [1.54, 1.807) is 12.0 Å². The minimum atomic E-state index is -0.786. The number of ketones is 1. The molecule has 0 radical (unpaired) electrons. The van der Waals surface area contributed by atoms with Crippen LogP contribution in [0.1, 0.15) is 43.9 Å². The molecule has 1 aliphatic rings. The van der Waals surface area contributed by atoms with Gasteiger partial charge in [0.2, 0.25) is 0 Å². The van der Waals surface area contributed by atoms with E-state index in [0.717, 1.165) is 22.4 Å². The highest BCUT2D eigenvalue weighted by Crippen LogP contribution is 2.29. The molecule has 0 bridgehead atoms. The number of rotatable bonds is 9. The van der Waals surface area contributed by atoms with Gasteiger partial charge < -0.3 is 10.5 Å². The summed E-state index contributed by atoms with van der Waals surface area (Å²) in [6.45, 7) is 6.37. The van der Waals surface area contributed by atoms with Crippen LogP contribution in [0.5, 0.6) is 5.75 Å². The minimum absolute atomic E-state index is 0.0579. The van der Waals surface area contributed by atoms with E-state index in [1.165, 1.54) is 0 Å². The van der Waals surface area contributed by atoms with Gasteiger partial charge in [0.05, 0.1) is 13.7 Å². The molecule has 0 aromatic heterocycles. The number of hydrogen-bond acceptors (Lipinski definition) is 5. The van der Waals surface area contributed by atoms with E-state index in [0.29, 0.717) is 31.7 Å². The number of ether oxygens (including phenoxy) is 1. The lowest BCUT2D eigenvalue weighted by molar-refractivity contribution is -0.131. The van der Waals surface area contributed by atoms with Crippen LogP contribution in [0.25, 0.3) is 0 Å². The highest BCUT2D eigenvalue weighted by molar-refractivity contribution is 6.06. The van der Waals surface area contributed by atoms with E-state index >= 15 is 0 Å². The summed E-state index contributed by atoms with van der Waals surface area (Å²) >= 11 is 0.